The number of pyridine rings is 4. The molecule has 4 nitrogen and oxygen atoms in total. The number of nitrogens with zero attached hydrogens (tertiary/aromatic N) is 4. The molecule has 0 atom stereocenters. The van der Waals surface area contributed by atoms with Crippen molar-refractivity contribution in [1.29, 1.82) is 0 Å². The quantitative estimate of drug-likeness (QED) is 0.168. The summed E-state index contributed by atoms with van der Waals surface area (Å²) in [5, 5.41) is 2.31. The Bertz CT molecular complexity index is 2050. The van der Waals surface area contributed by atoms with Crippen molar-refractivity contribution in [1.82, 2.24) is 19.9 Å². The fourth-order valence-corrected chi connectivity index (χ4v) is 5.39. The predicted molar refractivity (Wildman–Crippen MR) is 180 cm³/mol. The van der Waals surface area contributed by atoms with Crippen LogP contribution in [0, 0.1) is 39.8 Å². The first-order valence-corrected chi connectivity index (χ1v) is 14.6. The van der Waals surface area contributed by atoms with Crippen LogP contribution < -0.4 is 0 Å². The van der Waals surface area contributed by atoms with Gasteiger partial charge < -0.3 is 9.97 Å². The third-order valence-electron chi connectivity index (χ3n) is 7.41. The van der Waals surface area contributed by atoms with E-state index in [0.29, 0.717) is 0 Å². The summed E-state index contributed by atoms with van der Waals surface area (Å²) in [6.07, 6.45) is 7.48. The largest absolute Gasteiger partial charge is 0.305 e. The van der Waals surface area contributed by atoms with Crippen molar-refractivity contribution in [2.45, 2.75) is 27.7 Å². The SMILES string of the molecule is Cc1ccnc(-c2[c-]ccc(-c3ccc(-c4cc(C)nc(C)c4)c4ccncc34)c2)c1.Cc1ccnc(-c2[c-]cccc2)c1.[Ir]. The molecule has 0 fully saturated rings. The van der Waals surface area contributed by atoms with Crippen LogP contribution in [0.5, 0.6) is 0 Å². The minimum atomic E-state index is 0. The molecule has 0 aliphatic carbocycles. The maximum atomic E-state index is 4.53. The summed E-state index contributed by atoms with van der Waals surface area (Å²) in [7, 11) is 0. The number of hydrogen-bond acceptors (Lipinski definition) is 4. The molecule has 0 aliphatic rings. The molecule has 4 aromatic heterocycles. The second kappa shape index (κ2) is 14.3. The zero-order valence-corrected chi connectivity index (χ0v) is 28.1. The maximum absolute atomic E-state index is 4.53. The summed E-state index contributed by atoms with van der Waals surface area (Å²) in [6, 6.07) is 39.5. The first kappa shape index (κ1) is 31.6. The first-order chi connectivity index (χ1) is 21.4. The Morgan fingerprint density at radius 3 is 1.82 bits per heavy atom. The van der Waals surface area contributed by atoms with Crippen molar-refractivity contribution in [2.24, 2.45) is 0 Å². The fraction of sp³-hybridized carbons (Fsp3) is 0.100. The molecule has 0 unspecified atom stereocenters. The standard InChI is InChI=1S/C28H22N3.C12H10N.Ir/c1-18-9-12-30-28(13-18)22-6-4-5-21(16-22)24-7-8-25(26-10-11-29-17-27(24)26)23-14-19(2)31-20(3)15-23;1-10-7-8-13-12(9-10)11-5-3-2-4-6-11;/h4-5,7-17H,1-3H3;2-5,7-9H,1H3;/q2*-1;. The van der Waals surface area contributed by atoms with E-state index in [4.69, 9.17) is 0 Å². The summed E-state index contributed by atoms with van der Waals surface area (Å²) in [5.74, 6) is 0. The van der Waals surface area contributed by atoms with E-state index in [9.17, 15) is 0 Å². The van der Waals surface area contributed by atoms with Gasteiger partial charge in [0.25, 0.3) is 0 Å². The third-order valence-corrected chi connectivity index (χ3v) is 7.41. The molecule has 0 saturated carbocycles. The molecule has 0 bridgehead atoms. The summed E-state index contributed by atoms with van der Waals surface area (Å²) in [4.78, 5) is 17.8. The Kier molecular flexibility index (Phi) is 10.0. The normalized spacial score (nSPS) is 10.5. The molecule has 0 amide bonds. The molecule has 3 aromatic carbocycles. The molecular formula is C40H32IrN4-2. The molecule has 0 spiro atoms. The number of hydrogen-bond donors (Lipinski definition) is 0. The maximum Gasteiger partial charge on any atom is 0.0382 e. The average molecular weight is 761 g/mol. The van der Waals surface area contributed by atoms with Gasteiger partial charge in [0.2, 0.25) is 0 Å². The van der Waals surface area contributed by atoms with Crippen LogP contribution in [-0.4, -0.2) is 19.9 Å². The van der Waals surface area contributed by atoms with Crippen LogP contribution in [0.4, 0.5) is 0 Å². The monoisotopic (exact) mass is 761 g/mol. The molecule has 45 heavy (non-hydrogen) atoms. The summed E-state index contributed by atoms with van der Waals surface area (Å²) in [5.41, 5.74) is 13.1. The van der Waals surface area contributed by atoms with Crippen molar-refractivity contribution in [2.75, 3.05) is 0 Å². The Morgan fingerprint density at radius 1 is 0.533 bits per heavy atom. The summed E-state index contributed by atoms with van der Waals surface area (Å²) >= 11 is 0. The molecule has 7 aromatic rings. The molecule has 0 N–H and O–H groups in total. The molecule has 5 heteroatoms. The number of aromatic nitrogens is 4. The van der Waals surface area contributed by atoms with Crippen molar-refractivity contribution < 1.29 is 20.1 Å². The van der Waals surface area contributed by atoms with Gasteiger partial charge in [-0.1, -0.05) is 35.4 Å². The fourth-order valence-electron chi connectivity index (χ4n) is 5.39. The van der Waals surface area contributed by atoms with E-state index in [1.165, 1.54) is 27.6 Å². The zero-order chi connectivity index (χ0) is 30.5. The molecule has 4 heterocycles. The van der Waals surface area contributed by atoms with Gasteiger partial charge in [-0.05, 0) is 91.5 Å². The van der Waals surface area contributed by atoms with Crippen LogP contribution in [0.1, 0.15) is 22.5 Å². The number of aryl methyl sites for hydroxylation is 4. The Labute approximate surface area is 278 Å². The third kappa shape index (κ3) is 7.46. The minimum Gasteiger partial charge on any atom is -0.305 e. The second-order valence-corrected chi connectivity index (χ2v) is 10.9. The van der Waals surface area contributed by atoms with E-state index in [1.807, 2.05) is 81.1 Å². The number of rotatable bonds is 4. The van der Waals surface area contributed by atoms with E-state index in [2.05, 4.69) is 101 Å². The van der Waals surface area contributed by atoms with Gasteiger partial charge in [-0.3, -0.25) is 9.97 Å². The van der Waals surface area contributed by atoms with Crippen LogP contribution in [0.3, 0.4) is 0 Å². The van der Waals surface area contributed by atoms with E-state index < -0.39 is 0 Å². The van der Waals surface area contributed by atoms with Gasteiger partial charge in [0.05, 0.1) is 0 Å². The van der Waals surface area contributed by atoms with E-state index in [0.717, 1.165) is 50.4 Å². The van der Waals surface area contributed by atoms with Crippen LogP contribution in [0.15, 0.2) is 122 Å². The average Bonchev–Trinajstić information content (AvgIpc) is 3.04. The molecule has 223 valence electrons. The van der Waals surface area contributed by atoms with Crippen LogP contribution in [0.25, 0.3) is 55.5 Å². The molecular weight excluding hydrogens is 729 g/mol. The number of benzene rings is 3. The minimum absolute atomic E-state index is 0. The van der Waals surface area contributed by atoms with Crippen molar-refractivity contribution in [3.05, 3.63) is 156 Å². The number of fused-ring (bicyclic) bond motifs is 1. The van der Waals surface area contributed by atoms with Gasteiger partial charge in [-0.2, -0.15) is 0 Å². The van der Waals surface area contributed by atoms with Crippen LogP contribution >= 0.6 is 0 Å². The van der Waals surface area contributed by atoms with Crippen molar-refractivity contribution >= 4 is 10.8 Å². The zero-order valence-electron chi connectivity index (χ0n) is 25.7. The van der Waals surface area contributed by atoms with Gasteiger partial charge in [0, 0.05) is 61.7 Å². The Hall–Kier alpha value is -4.83. The molecule has 0 saturated heterocycles. The van der Waals surface area contributed by atoms with Crippen molar-refractivity contribution in [3.63, 3.8) is 0 Å². The molecule has 7 rings (SSSR count). The van der Waals surface area contributed by atoms with E-state index >= 15 is 0 Å². The van der Waals surface area contributed by atoms with Gasteiger partial charge in [0.1, 0.15) is 0 Å². The molecule has 1 radical (unpaired) electrons. The Morgan fingerprint density at radius 2 is 1.18 bits per heavy atom. The van der Waals surface area contributed by atoms with Crippen molar-refractivity contribution in [3.8, 4) is 44.8 Å². The Balaban J connectivity index is 0.000000240. The topological polar surface area (TPSA) is 51.6 Å². The van der Waals surface area contributed by atoms with E-state index in [1.54, 1.807) is 0 Å². The second-order valence-electron chi connectivity index (χ2n) is 10.9. The summed E-state index contributed by atoms with van der Waals surface area (Å²) in [6.45, 7) is 8.22. The van der Waals surface area contributed by atoms with E-state index in [-0.39, 0.29) is 20.1 Å². The van der Waals surface area contributed by atoms with Gasteiger partial charge >= 0.3 is 0 Å². The summed E-state index contributed by atoms with van der Waals surface area (Å²) < 4.78 is 0. The predicted octanol–water partition coefficient (Wildman–Crippen LogP) is 9.61. The smallest absolute Gasteiger partial charge is 0.0382 e. The first-order valence-electron chi connectivity index (χ1n) is 14.6. The van der Waals surface area contributed by atoms with Gasteiger partial charge in [0.15, 0.2) is 0 Å². The van der Waals surface area contributed by atoms with Gasteiger partial charge in [-0.15, -0.1) is 71.3 Å². The van der Waals surface area contributed by atoms with Crippen LogP contribution in [-0.2, 0) is 20.1 Å². The van der Waals surface area contributed by atoms with Gasteiger partial charge in [-0.25, -0.2) is 0 Å². The van der Waals surface area contributed by atoms with Crippen LogP contribution in [0.2, 0.25) is 0 Å². The molecule has 0 aliphatic heterocycles.